The second-order valence-corrected chi connectivity index (χ2v) is 9.20. The van der Waals surface area contributed by atoms with Gasteiger partial charge in [-0.15, -0.1) is 11.3 Å². The number of carbonyl (C=O) groups is 1. The summed E-state index contributed by atoms with van der Waals surface area (Å²) in [6, 6.07) is 17.3. The fourth-order valence-electron chi connectivity index (χ4n) is 3.17. The minimum Gasteiger partial charge on any atom is -0.482 e. The Morgan fingerprint density at radius 1 is 1.17 bits per heavy atom. The molecule has 4 aromatic rings. The molecule has 30 heavy (non-hydrogen) atoms. The molecule has 0 fully saturated rings. The SMILES string of the molecule is Cc1cc(C)c(OCC(=O)Nc2ccc(Cl)c(-c3nc4ccccc4s3)c2)c(Br)c1. The van der Waals surface area contributed by atoms with Gasteiger partial charge in [0.2, 0.25) is 0 Å². The standard InChI is InChI=1S/C23H18BrClN2O2S/c1-13-9-14(2)22(17(24)10-13)29-12-21(28)26-15-7-8-18(25)16(11-15)23-27-19-5-3-4-6-20(19)30-23/h3-11H,12H2,1-2H3,(H,26,28). The van der Waals surface area contributed by atoms with Crippen molar-refractivity contribution in [2.45, 2.75) is 13.8 Å². The highest BCUT2D eigenvalue weighted by Gasteiger charge is 2.13. The number of anilines is 1. The van der Waals surface area contributed by atoms with Gasteiger partial charge in [0.05, 0.1) is 19.7 Å². The summed E-state index contributed by atoms with van der Waals surface area (Å²) in [6.07, 6.45) is 0. The molecule has 0 aliphatic heterocycles. The first-order valence-corrected chi connectivity index (χ1v) is 11.2. The minimum atomic E-state index is -0.251. The van der Waals surface area contributed by atoms with Crippen molar-refractivity contribution < 1.29 is 9.53 Å². The molecule has 152 valence electrons. The Kier molecular flexibility index (Phi) is 6.09. The number of carbonyl (C=O) groups excluding carboxylic acids is 1. The lowest BCUT2D eigenvalue weighted by Crippen LogP contribution is -2.20. The molecule has 0 saturated carbocycles. The summed E-state index contributed by atoms with van der Waals surface area (Å²) in [5.41, 5.74) is 4.45. The number of rotatable bonds is 5. The number of ether oxygens (including phenoxy) is 1. The molecule has 1 N–H and O–H groups in total. The number of nitrogens with zero attached hydrogens (tertiary/aromatic N) is 1. The van der Waals surface area contributed by atoms with Gasteiger partial charge >= 0.3 is 0 Å². The van der Waals surface area contributed by atoms with Crippen molar-refractivity contribution in [2.75, 3.05) is 11.9 Å². The van der Waals surface area contributed by atoms with Gasteiger partial charge in [0.15, 0.2) is 6.61 Å². The molecule has 1 amide bonds. The van der Waals surface area contributed by atoms with Gasteiger partial charge in [0, 0.05) is 11.3 Å². The van der Waals surface area contributed by atoms with E-state index in [1.165, 1.54) is 0 Å². The Bertz CT molecular complexity index is 1200. The molecule has 0 saturated heterocycles. The summed E-state index contributed by atoms with van der Waals surface area (Å²) < 4.78 is 7.66. The number of aryl methyl sites for hydroxylation is 2. The maximum absolute atomic E-state index is 12.5. The monoisotopic (exact) mass is 500 g/mol. The summed E-state index contributed by atoms with van der Waals surface area (Å²) in [5, 5.41) is 4.27. The number of aromatic nitrogens is 1. The number of hydrogen-bond acceptors (Lipinski definition) is 4. The number of benzene rings is 3. The van der Waals surface area contributed by atoms with Crippen LogP contribution in [0.15, 0.2) is 59.1 Å². The van der Waals surface area contributed by atoms with Gasteiger partial charge in [-0.25, -0.2) is 4.98 Å². The van der Waals surface area contributed by atoms with E-state index in [4.69, 9.17) is 16.3 Å². The maximum atomic E-state index is 12.5. The molecule has 0 aliphatic rings. The molecule has 0 unspecified atom stereocenters. The number of fused-ring (bicyclic) bond motifs is 1. The highest BCUT2D eigenvalue weighted by molar-refractivity contribution is 9.10. The van der Waals surface area contributed by atoms with Crippen LogP contribution in [0.5, 0.6) is 5.75 Å². The van der Waals surface area contributed by atoms with Crippen LogP contribution in [0.2, 0.25) is 5.02 Å². The van der Waals surface area contributed by atoms with Gasteiger partial charge in [0.25, 0.3) is 5.91 Å². The van der Waals surface area contributed by atoms with Crippen molar-refractivity contribution in [1.29, 1.82) is 0 Å². The van der Waals surface area contributed by atoms with E-state index in [0.29, 0.717) is 16.5 Å². The lowest BCUT2D eigenvalue weighted by molar-refractivity contribution is -0.118. The van der Waals surface area contributed by atoms with Gasteiger partial charge in [-0.2, -0.15) is 0 Å². The third-order valence-electron chi connectivity index (χ3n) is 4.50. The first-order chi connectivity index (χ1) is 14.4. The maximum Gasteiger partial charge on any atom is 0.262 e. The van der Waals surface area contributed by atoms with E-state index in [2.05, 4.69) is 26.2 Å². The Hall–Kier alpha value is -2.41. The van der Waals surface area contributed by atoms with Gasteiger partial charge in [-0.05, 0) is 77.3 Å². The molecular formula is C23H18BrClN2O2S. The van der Waals surface area contributed by atoms with Crippen LogP contribution in [0.4, 0.5) is 5.69 Å². The highest BCUT2D eigenvalue weighted by Crippen LogP contribution is 2.36. The van der Waals surface area contributed by atoms with Crippen molar-refractivity contribution in [3.05, 3.63) is 75.2 Å². The van der Waals surface area contributed by atoms with Crippen molar-refractivity contribution in [2.24, 2.45) is 0 Å². The average Bonchev–Trinajstić information content (AvgIpc) is 3.12. The molecule has 1 heterocycles. The molecule has 0 aliphatic carbocycles. The Balaban J connectivity index is 1.50. The molecule has 4 rings (SSSR count). The van der Waals surface area contributed by atoms with Gasteiger partial charge in [-0.1, -0.05) is 29.8 Å². The third-order valence-corrected chi connectivity index (χ3v) is 6.48. The van der Waals surface area contributed by atoms with Crippen LogP contribution in [-0.2, 0) is 4.79 Å². The number of nitrogens with one attached hydrogen (secondary N) is 1. The van der Waals surface area contributed by atoms with Crippen LogP contribution in [0.1, 0.15) is 11.1 Å². The number of amides is 1. The van der Waals surface area contributed by atoms with Crippen LogP contribution in [0.25, 0.3) is 20.8 Å². The quantitative estimate of drug-likeness (QED) is 0.320. The predicted octanol–water partition coefficient (Wildman–Crippen LogP) is 7.01. The number of thiazole rings is 1. The Labute approximate surface area is 192 Å². The molecular weight excluding hydrogens is 484 g/mol. The molecule has 7 heteroatoms. The van der Waals surface area contributed by atoms with Crippen molar-refractivity contribution >= 4 is 60.7 Å². The lowest BCUT2D eigenvalue weighted by Gasteiger charge is -2.13. The second-order valence-electron chi connectivity index (χ2n) is 6.91. The second kappa shape index (κ2) is 8.76. The topological polar surface area (TPSA) is 51.2 Å². The summed E-state index contributed by atoms with van der Waals surface area (Å²) in [5.74, 6) is 0.418. The molecule has 3 aromatic carbocycles. The van der Waals surface area contributed by atoms with E-state index in [9.17, 15) is 4.79 Å². The fraction of sp³-hybridized carbons (Fsp3) is 0.130. The van der Waals surface area contributed by atoms with E-state index < -0.39 is 0 Å². The fourth-order valence-corrected chi connectivity index (χ4v) is 5.22. The summed E-state index contributed by atoms with van der Waals surface area (Å²) >= 11 is 11.5. The van der Waals surface area contributed by atoms with Gasteiger partial charge in [0.1, 0.15) is 10.8 Å². The van der Waals surface area contributed by atoms with E-state index in [1.807, 2.05) is 56.3 Å². The van der Waals surface area contributed by atoms with Crippen molar-refractivity contribution in [3.63, 3.8) is 0 Å². The lowest BCUT2D eigenvalue weighted by atomic mass is 10.1. The van der Waals surface area contributed by atoms with E-state index >= 15 is 0 Å². The smallest absolute Gasteiger partial charge is 0.262 e. The van der Waals surface area contributed by atoms with Crippen molar-refractivity contribution in [1.82, 2.24) is 4.98 Å². The molecule has 0 bridgehead atoms. The van der Waals surface area contributed by atoms with Crippen LogP contribution < -0.4 is 10.1 Å². The van der Waals surface area contributed by atoms with Crippen molar-refractivity contribution in [3.8, 4) is 16.3 Å². The normalized spacial score (nSPS) is 10.9. The van der Waals surface area contributed by atoms with E-state index in [-0.39, 0.29) is 12.5 Å². The molecule has 1 aromatic heterocycles. The van der Waals surface area contributed by atoms with Crippen LogP contribution in [0, 0.1) is 13.8 Å². The van der Waals surface area contributed by atoms with Crippen LogP contribution in [0.3, 0.4) is 0 Å². The predicted molar refractivity (Wildman–Crippen MR) is 128 cm³/mol. The Morgan fingerprint density at radius 2 is 1.97 bits per heavy atom. The summed E-state index contributed by atoms with van der Waals surface area (Å²) in [6.45, 7) is 3.87. The number of halogens is 2. The van der Waals surface area contributed by atoms with E-state index in [1.54, 1.807) is 23.5 Å². The van der Waals surface area contributed by atoms with Gasteiger partial charge < -0.3 is 10.1 Å². The molecule has 0 spiro atoms. The average molecular weight is 502 g/mol. The summed E-state index contributed by atoms with van der Waals surface area (Å²) in [7, 11) is 0. The largest absolute Gasteiger partial charge is 0.482 e. The molecule has 4 nitrogen and oxygen atoms in total. The number of para-hydroxylation sites is 1. The first-order valence-electron chi connectivity index (χ1n) is 9.25. The minimum absolute atomic E-state index is 0.0956. The third kappa shape index (κ3) is 4.51. The van der Waals surface area contributed by atoms with Gasteiger partial charge in [-0.3, -0.25) is 4.79 Å². The highest BCUT2D eigenvalue weighted by atomic mass is 79.9. The number of hydrogen-bond donors (Lipinski definition) is 1. The van der Waals surface area contributed by atoms with Crippen LogP contribution in [-0.4, -0.2) is 17.5 Å². The van der Waals surface area contributed by atoms with Crippen LogP contribution >= 0.6 is 38.9 Å². The van der Waals surface area contributed by atoms with E-state index in [0.717, 1.165) is 36.4 Å². The zero-order chi connectivity index (χ0) is 21.3. The molecule has 0 radical (unpaired) electrons. The first kappa shape index (κ1) is 20.8. The Morgan fingerprint density at radius 3 is 2.73 bits per heavy atom. The summed E-state index contributed by atoms with van der Waals surface area (Å²) in [4.78, 5) is 17.1. The zero-order valence-corrected chi connectivity index (χ0v) is 19.5. The zero-order valence-electron chi connectivity index (χ0n) is 16.3. The molecule has 0 atom stereocenters.